The number of benzene rings is 1. The largest absolute Gasteiger partial charge is 0.383 e. The Balaban J connectivity index is 1.80. The molecule has 3 N–H and O–H groups in total. The Morgan fingerprint density at radius 2 is 1.76 bits per heavy atom. The van der Waals surface area contributed by atoms with Crippen LogP contribution in [0.4, 0.5) is 5.69 Å². The van der Waals surface area contributed by atoms with Crippen LogP contribution in [0.3, 0.4) is 0 Å². The van der Waals surface area contributed by atoms with Crippen molar-refractivity contribution >= 4 is 5.69 Å². The van der Waals surface area contributed by atoms with Gasteiger partial charge in [0, 0.05) is 30.7 Å². The van der Waals surface area contributed by atoms with E-state index < -0.39 is 0 Å². The van der Waals surface area contributed by atoms with Gasteiger partial charge in [-0.25, -0.2) is 0 Å². The maximum absolute atomic E-state index is 6.08. The summed E-state index contributed by atoms with van der Waals surface area (Å²) in [5.41, 5.74) is 8.41. The zero-order chi connectivity index (χ0) is 11.9. The van der Waals surface area contributed by atoms with Gasteiger partial charge < -0.3 is 11.1 Å². The molecule has 0 aliphatic heterocycles. The summed E-state index contributed by atoms with van der Waals surface area (Å²) < 4.78 is 0. The van der Waals surface area contributed by atoms with Crippen LogP contribution in [0.5, 0.6) is 0 Å². The molecule has 17 heavy (non-hydrogen) atoms. The third kappa shape index (κ3) is 3.89. The minimum absolute atomic E-state index is 0.116. The van der Waals surface area contributed by atoms with E-state index in [1.165, 1.54) is 5.56 Å². The summed E-state index contributed by atoms with van der Waals surface area (Å²) >= 11 is 0. The maximum Gasteiger partial charge on any atom is 0.0371 e. The molecule has 1 aromatic heterocycles. The lowest BCUT2D eigenvalue weighted by Gasteiger charge is -2.13. The Kier molecular flexibility index (Phi) is 4.11. The molecule has 0 amide bonds. The molecule has 2 rings (SSSR count). The molecule has 2 aromatic rings. The van der Waals surface area contributed by atoms with E-state index in [0.717, 1.165) is 18.7 Å². The van der Waals surface area contributed by atoms with Gasteiger partial charge in [-0.15, -0.1) is 0 Å². The topological polar surface area (TPSA) is 50.9 Å². The fourth-order valence-electron chi connectivity index (χ4n) is 1.71. The lowest BCUT2D eigenvalue weighted by molar-refractivity contribution is 0.699. The van der Waals surface area contributed by atoms with Crippen LogP contribution >= 0.6 is 0 Å². The van der Waals surface area contributed by atoms with Gasteiger partial charge in [-0.05, 0) is 24.1 Å². The number of aromatic nitrogens is 1. The van der Waals surface area contributed by atoms with Crippen molar-refractivity contribution in [2.24, 2.45) is 5.73 Å². The predicted molar refractivity (Wildman–Crippen MR) is 70.8 cm³/mol. The van der Waals surface area contributed by atoms with E-state index in [2.05, 4.69) is 22.4 Å². The molecule has 0 aliphatic carbocycles. The number of nitrogens with zero attached hydrogens (tertiary/aromatic N) is 1. The third-order valence-electron chi connectivity index (χ3n) is 2.59. The number of hydrogen-bond acceptors (Lipinski definition) is 3. The molecule has 0 fully saturated rings. The van der Waals surface area contributed by atoms with Gasteiger partial charge in [0.2, 0.25) is 0 Å². The Labute approximate surface area is 102 Å². The number of anilines is 1. The molecule has 0 saturated heterocycles. The van der Waals surface area contributed by atoms with Gasteiger partial charge in [0.15, 0.2) is 0 Å². The van der Waals surface area contributed by atoms with E-state index in [9.17, 15) is 0 Å². The molecule has 0 spiro atoms. The first-order valence-corrected chi connectivity index (χ1v) is 5.78. The molecule has 0 bridgehead atoms. The lowest BCUT2D eigenvalue weighted by atomic mass is 10.1. The minimum Gasteiger partial charge on any atom is -0.383 e. The van der Waals surface area contributed by atoms with Gasteiger partial charge in [0.1, 0.15) is 0 Å². The van der Waals surface area contributed by atoms with Crippen molar-refractivity contribution < 1.29 is 0 Å². The van der Waals surface area contributed by atoms with Crippen molar-refractivity contribution in [1.82, 2.24) is 4.98 Å². The number of pyridine rings is 1. The maximum atomic E-state index is 6.08. The van der Waals surface area contributed by atoms with E-state index in [4.69, 9.17) is 5.73 Å². The Morgan fingerprint density at radius 3 is 2.47 bits per heavy atom. The smallest absolute Gasteiger partial charge is 0.0371 e. The van der Waals surface area contributed by atoms with Crippen LogP contribution in [0.1, 0.15) is 5.56 Å². The number of nitrogens with one attached hydrogen (secondary N) is 1. The highest BCUT2D eigenvalue weighted by Gasteiger charge is 2.03. The van der Waals surface area contributed by atoms with Gasteiger partial charge in [-0.1, -0.05) is 30.3 Å². The second kappa shape index (κ2) is 6.01. The van der Waals surface area contributed by atoms with Crippen LogP contribution in [0.25, 0.3) is 0 Å². The van der Waals surface area contributed by atoms with Crippen LogP contribution in [0, 0.1) is 0 Å². The highest BCUT2D eigenvalue weighted by Crippen LogP contribution is 2.05. The molecule has 0 radical (unpaired) electrons. The van der Waals surface area contributed by atoms with E-state index >= 15 is 0 Å². The Morgan fingerprint density at radius 1 is 1.06 bits per heavy atom. The minimum atomic E-state index is 0.116. The first kappa shape index (κ1) is 11.6. The lowest BCUT2D eigenvalue weighted by Crippen LogP contribution is -2.31. The van der Waals surface area contributed by atoms with Gasteiger partial charge >= 0.3 is 0 Å². The summed E-state index contributed by atoms with van der Waals surface area (Å²) in [5.74, 6) is 0. The zero-order valence-corrected chi connectivity index (χ0v) is 9.71. The number of rotatable bonds is 5. The summed E-state index contributed by atoms with van der Waals surface area (Å²) in [6.45, 7) is 0.763. The van der Waals surface area contributed by atoms with Crippen molar-refractivity contribution in [3.63, 3.8) is 0 Å². The quantitative estimate of drug-likeness (QED) is 0.822. The molecule has 1 heterocycles. The number of hydrogen-bond donors (Lipinski definition) is 2. The standard InChI is InChI=1S/C14H17N3/c15-13(10-12-4-2-1-3-5-12)11-17-14-6-8-16-9-7-14/h1-9,13H,10-11,15H2,(H,16,17). The van der Waals surface area contributed by atoms with E-state index in [1.54, 1.807) is 12.4 Å². The van der Waals surface area contributed by atoms with Gasteiger partial charge in [-0.2, -0.15) is 0 Å². The second-order valence-corrected chi connectivity index (χ2v) is 4.07. The molecular weight excluding hydrogens is 210 g/mol. The average molecular weight is 227 g/mol. The van der Waals surface area contributed by atoms with E-state index in [0.29, 0.717) is 0 Å². The molecular formula is C14H17N3. The van der Waals surface area contributed by atoms with Gasteiger partial charge in [0.25, 0.3) is 0 Å². The zero-order valence-electron chi connectivity index (χ0n) is 9.71. The molecule has 3 heteroatoms. The highest BCUT2D eigenvalue weighted by atomic mass is 14.9. The fraction of sp³-hybridized carbons (Fsp3) is 0.214. The summed E-state index contributed by atoms with van der Waals surface area (Å²) in [7, 11) is 0. The Bertz CT molecular complexity index is 428. The molecule has 3 nitrogen and oxygen atoms in total. The molecule has 0 aliphatic rings. The van der Waals surface area contributed by atoms with Gasteiger partial charge in [0.05, 0.1) is 0 Å². The van der Waals surface area contributed by atoms with Crippen LogP contribution in [-0.2, 0) is 6.42 Å². The summed E-state index contributed by atoms with van der Waals surface area (Å²) in [6.07, 6.45) is 4.43. The normalized spacial score (nSPS) is 12.1. The predicted octanol–water partition coefficient (Wildman–Crippen LogP) is 2.06. The third-order valence-corrected chi connectivity index (χ3v) is 2.59. The van der Waals surface area contributed by atoms with Crippen LogP contribution in [-0.4, -0.2) is 17.6 Å². The fourth-order valence-corrected chi connectivity index (χ4v) is 1.71. The van der Waals surface area contributed by atoms with E-state index in [1.807, 2.05) is 30.3 Å². The summed E-state index contributed by atoms with van der Waals surface area (Å²) in [5, 5.41) is 3.30. The molecule has 1 unspecified atom stereocenters. The van der Waals surface area contributed by atoms with Crippen LogP contribution < -0.4 is 11.1 Å². The SMILES string of the molecule is NC(CNc1ccncc1)Cc1ccccc1. The molecule has 88 valence electrons. The first-order valence-electron chi connectivity index (χ1n) is 5.78. The Hall–Kier alpha value is -1.87. The highest BCUT2D eigenvalue weighted by molar-refractivity contribution is 5.40. The summed E-state index contributed by atoms with van der Waals surface area (Å²) in [4.78, 5) is 3.97. The average Bonchev–Trinajstić information content (AvgIpc) is 2.39. The van der Waals surface area contributed by atoms with Crippen molar-refractivity contribution in [2.75, 3.05) is 11.9 Å². The monoisotopic (exact) mass is 227 g/mol. The second-order valence-electron chi connectivity index (χ2n) is 4.07. The van der Waals surface area contributed by atoms with E-state index in [-0.39, 0.29) is 6.04 Å². The van der Waals surface area contributed by atoms with Crippen molar-refractivity contribution in [3.8, 4) is 0 Å². The van der Waals surface area contributed by atoms with Crippen LogP contribution in [0.15, 0.2) is 54.9 Å². The van der Waals surface area contributed by atoms with Crippen molar-refractivity contribution in [2.45, 2.75) is 12.5 Å². The number of nitrogens with two attached hydrogens (primary N) is 1. The molecule has 1 atom stereocenters. The first-order chi connectivity index (χ1) is 8.34. The van der Waals surface area contributed by atoms with Gasteiger partial charge in [-0.3, -0.25) is 4.98 Å². The van der Waals surface area contributed by atoms with Crippen LogP contribution in [0.2, 0.25) is 0 Å². The molecule has 0 saturated carbocycles. The molecule has 1 aromatic carbocycles. The van der Waals surface area contributed by atoms with Crippen molar-refractivity contribution in [1.29, 1.82) is 0 Å². The van der Waals surface area contributed by atoms with Crippen molar-refractivity contribution in [3.05, 3.63) is 60.4 Å². The summed E-state index contributed by atoms with van der Waals surface area (Å²) in [6, 6.07) is 14.3.